The van der Waals surface area contributed by atoms with Gasteiger partial charge in [-0.3, -0.25) is 28.8 Å². The van der Waals surface area contributed by atoms with Gasteiger partial charge in [-0.25, -0.2) is 17.6 Å². The van der Waals surface area contributed by atoms with Crippen LogP contribution >= 0.6 is 0 Å². The van der Waals surface area contributed by atoms with E-state index < -0.39 is 86.5 Å². The van der Waals surface area contributed by atoms with Gasteiger partial charge in [0.25, 0.3) is 11.8 Å². The van der Waals surface area contributed by atoms with E-state index in [1.165, 1.54) is 21.9 Å². The molecule has 5 amide bonds. The van der Waals surface area contributed by atoms with Gasteiger partial charge in [0.2, 0.25) is 27.6 Å². The number of amides is 5. The van der Waals surface area contributed by atoms with Crippen molar-refractivity contribution in [2.75, 3.05) is 20.6 Å². The van der Waals surface area contributed by atoms with E-state index in [0.717, 1.165) is 6.42 Å². The third-order valence-corrected chi connectivity index (χ3v) is 13.6. The van der Waals surface area contributed by atoms with Crippen LogP contribution in [0.3, 0.4) is 0 Å². The molecule has 18 heteroatoms. The van der Waals surface area contributed by atoms with Crippen LogP contribution in [0.5, 0.6) is 0 Å². The Labute approximate surface area is 337 Å². The number of rotatable bonds is 10. The summed E-state index contributed by atoms with van der Waals surface area (Å²) in [5, 5.41) is 8.81. The van der Waals surface area contributed by atoms with Gasteiger partial charge in [0, 0.05) is 30.5 Å². The number of sulfonamides is 1. The van der Waals surface area contributed by atoms with E-state index in [4.69, 9.17) is 9.26 Å². The SMILES string of the molecule is Cc1cc(C(=O)NC2CCCCC/C=C\C3CC3(C(=O)NS(=O)(=O)C3CC3)NC(=O)C3C[C@@H](OC(=O)N4Cc5cccc(F)c5C4)[C@H](CCCN(C)C)N3C2=O)on1. The number of halogens is 1. The molecular weight excluding hydrogens is 774 g/mol. The zero-order chi connectivity index (χ0) is 41.4. The second-order valence-corrected chi connectivity index (χ2v) is 18.5. The average molecular weight is 826 g/mol. The highest BCUT2D eigenvalue weighted by Gasteiger charge is 2.62. The number of allylic oxidation sites excluding steroid dienone is 1. The monoisotopic (exact) mass is 825 g/mol. The Hall–Kier alpha value is -4.84. The largest absolute Gasteiger partial charge is 0.444 e. The number of aryl methyl sites for hydroxylation is 1. The number of nitrogens with zero attached hydrogens (tertiary/aromatic N) is 4. The minimum atomic E-state index is -3.96. The fraction of sp³-hybridized carbons (Fsp3) is 0.600. The average Bonchev–Trinajstić information content (AvgIpc) is 4.00. The van der Waals surface area contributed by atoms with Crippen LogP contribution in [-0.2, 0) is 42.2 Å². The van der Waals surface area contributed by atoms with Crippen molar-refractivity contribution in [3.05, 3.63) is 64.8 Å². The number of hydrogen-bond acceptors (Lipinski definition) is 11. The summed E-state index contributed by atoms with van der Waals surface area (Å²) in [5.74, 6) is -3.84. The van der Waals surface area contributed by atoms with Gasteiger partial charge in [0.05, 0.1) is 23.5 Å². The minimum Gasteiger partial charge on any atom is -0.444 e. The molecule has 4 unspecified atom stereocenters. The summed E-state index contributed by atoms with van der Waals surface area (Å²) in [6, 6.07) is 2.85. The third-order valence-electron chi connectivity index (χ3n) is 11.8. The van der Waals surface area contributed by atoms with E-state index >= 15 is 4.79 Å². The van der Waals surface area contributed by atoms with Crippen LogP contribution in [0, 0.1) is 18.7 Å². The quantitative estimate of drug-likeness (QED) is 0.298. The molecule has 1 aromatic carbocycles. The van der Waals surface area contributed by atoms with E-state index in [1.807, 2.05) is 31.1 Å². The normalized spacial score (nSPS) is 28.1. The fourth-order valence-corrected chi connectivity index (χ4v) is 9.75. The molecule has 3 fully saturated rings. The molecule has 4 heterocycles. The van der Waals surface area contributed by atoms with Gasteiger partial charge in [-0.1, -0.05) is 42.3 Å². The minimum absolute atomic E-state index is 0.0169. The van der Waals surface area contributed by atoms with Crippen molar-refractivity contribution in [3.63, 3.8) is 0 Å². The number of hydrogen-bond donors (Lipinski definition) is 3. The van der Waals surface area contributed by atoms with Gasteiger partial charge in [0.15, 0.2) is 0 Å². The molecule has 0 spiro atoms. The molecule has 1 saturated heterocycles. The second-order valence-electron chi connectivity index (χ2n) is 16.5. The standard InChI is InChI=1S/C40H52FN7O9S/c1-24-19-34(57-44-24)36(50)42-30-14-8-6-4-5-7-12-26-21-40(26,38(52)45-58(54,55)27-16-17-27)43-35(49)32-20-33(31(48(32)37(30)51)15-10-18-46(2)3)56-39(53)47-22-25-11-9-13-29(41)28(25)23-47/h7,9,11-13,19,26-27,30-33H,4-6,8,10,14-18,20-23H2,1-3H3,(H,42,50)(H,43,49)(H,45,52)/b12-7-/t26?,30?,31-,32?,33+,40?/m0/s1. The summed E-state index contributed by atoms with van der Waals surface area (Å²) < 4.78 is 54.1. The number of benzene rings is 1. The van der Waals surface area contributed by atoms with Crippen molar-refractivity contribution >= 4 is 39.7 Å². The lowest BCUT2D eigenvalue weighted by Crippen LogP contribution is -2.59. The molecule has 0 bridgehead atoms. The van der Waals surface area contributed by atoms with Crippen LogP contribution in [0.4, 0.5) is 9.18 Å². The Morgan fingerprint density at radius 3 is 2.62 bits per heavy atom. The summed E-state index contributed by atoms with van der Waals surface area (Å²) in [6.45, 7) is 2.36. The van der Waals surface area contributed by atoms with Gasteiger partial charge >= 0.3 is 6.09 Å². The Bertz CT molecular complexity index is 2070. The number of fused-ring (bicyclic) bond motifs is 3. The van der Waals surface area contributed by atoms with Gasteiger partial charge in [-0.2, -0.15) is 0 Å². The van der Waals surface area contributed by atoms with Crippen LogP contribution < -0.4 is 15.4 Å². The van der Waals surface area contributed by atoms with Crippen LogP contribution in [0.15, 0.2) is 40.9 Å². The fourth-order valence-electron chi connectivity index (χ4n) is 8.39. The molecule has 3 aliphatic heterocycles. The van der Waals surface area contributed by atoms with Crippen molar-refractivity contribution in [2.45, 2.75) is 126 Å². The zero-order valence-electron chi connectivity index (χ0n) is 33.1. The van der Waals surface area contributed by atoms with E-state index in [-0.39, 0.29) is 38.1 Å². The molecule has 314 valence electrons. The Kier molecular flexibility index (Phi) is 12.0. The van der Waals surface area contributed by atoms with Crippen molar-refractivity contribution in [1.82, 2.24) is 35.2 Å². The van der Waals surface area contributed by atoms with Crippen molar-refractivity contribution in [3.8, 4) is 0 Å². The summed E-state index contributed by atoms with van der Waals surface area (Å²) >= 11 is 0. The number of ether oxygens (including phenoxy) is 1. The van der Waals surface area contributed by atoms with Crippen molar-refractivity contribution in [1.29, 1.82) is 0 Å². The lowest BCUT2D eigenvalue weighted by Gasteiger charge is -2.35. The van der Waals surface area contributed by atoms with E-state index in [2.05, 4.69) is 20.5 Å². The van der Waals surface area contributed by atoms with Crippen LogP contribution in [0.2, 0.25) is 0 Å². The lowest BCUT2D eigenvalue weighted by molar-refractivity contribution is -0.143. The maximum Gasteiger partial charge on any atom is 0.410 e. The van der Waals surface area contributed by atoms with E-state index in [9.17, 15) is 32.0 Å². The molecule has 1 aromatic heterocycles. The van der Waals surface area contributed by atoms with Crippen LogP contribution in [0.25, 0.3) is 0 Å². The van der Waals surface area contributed by atoms with Crippen molar-refractivity contribution < 1.29 is 46.0 Å². The van der Waals surface area contributed by atoms with E-state index in [0.29, 0.717) is 68.3 Å². The summed E-state index contributed by atoms with van der Waals surface area (Å²) in [7, 11) is -0.165. The molecule has 0 radical (unpaired) electrons. The van der Waals surface area contributed by atoms with Crippen LogP contribution in [0.1, 0.15) is 98.0 Å². The summed E-state index contributed by atoms with van der Waals surface area (Å²) in [5.41, 5.74) is -0.0907. The number of aromatic nitrogens is 1. The molecule has 6 atom stereocenters. The van der Waals surface area contributed by atoms with Gasteiger partial charge in [0.1, 0.15) is 29.5 Å². The second kappa shape index (κ2) is 16.8. The first-order valence-corrected chi connectivity index (χ1v) is 21.7. The number of carbonyl (C=O) groups excluding carboxylic acids is 5. The predicted molar refractivity (Wildman–Crippen MR) is 207 cm³/mol. The molecule has 3 N–H and O–H groups in total. The number of nitrogens with one attached hydrogen (secondary N) is 3. The molecular formula is C40H52FN7O9S. The smallest absolute Gasteiger partial charge is 0.410 e. The topological polar surface area (TPSA) is 201 Å². The zero-order valence-corrected chi connectivity index (χ0v) is 33.9. The first kappa shape index (κ1) is 41.3. The highest BCUT2D eigenvalue weighted by molar-refractivity contribution is 7.91. The Balaban J connectivity index is 1.23. The molecule has 2 aliphatic carbocycles. The molecule has 5 aliphatic rings. The first-order chi connectivity index (χ1) is 27.7. The number of carbonyl (C=O) groups is 5. The van der Waals surface area contributed by atoms with Gasteiger partial charge in [-0.05, 0) is 90.6 Å². The molecule has 58 heavy (non-hydrogen) atoms. The van der Waals surface area contributed by atoms with Crippen LogP contribution in [-0.4, -0.2) is 114 Å². The maximum atomic E-state index is 15.0. The highest BCUT2D eigenvalue weighted by atomic mass is 32.2. The van der Waals surface area contributed by atoms with Gasteiger partial charge in [-0.15, -0.1) is 0 Å². The highest BCUT2D eigenvalue weighted by Crippen LogP contribution is 2.46. The van der Waals surface area contributed by atoms with E-state index in [1.54, 1.807) is 19.1 Å². The Morgan fingerprint density at radius 2 is 1.91 bits per heavy atom. The summed E-state index contributed by atoms with van der Waals surface area (Å²) in [6.07, 6.45) is 6.58. The third kappa shape index (κ3) is 8.92. The van der Waals surface area contributed by atoms with Crippen molar-refractivity contribution in [2.24, 2.45) is 5.92 Å². The first-order valence-electron chi connectivity index (χ1n) is 20.1. The maximum absolute atomic E-state index is 15.0. The molecule has 2 saturated carbocycles. The summed E-state index contributed by atoms with van der Waals surface area (Å²) in [4.78, 5) is 75.7. The molecule has 16 nitrogen and oxygen atoms in total. The lowest BCUT2D eigenvalue weighted by atomic mass is 10.0. The molecule has 2 aromatic rings. The predicted octanol–water partition coefficient (Wildman–Crippen LogP) is 3.06. The molecule has 7 rings (SSSR count). The van der Waals surface area contributed by atoms with Gasteiger partial charge < -0.3 is 29.7 Å². The Morgan fingerprint density at radius 1 is 1.12 bits per heavy atom.